The average molecular weight is 282 g/mol. The summed E-state index contributed by atoms with van der Waals surface area (Å²) in [6.07, 6.45) is 5.96. The third-order valence-corrected chi connectivity index (χ3v) is 3.73. The Morgan fingerprint density at radius 2 is 2.35 bits per heavy atom. The third-order valence-electron chi connectivity index (χ3n) is 3.73. The molecule has 1 aromatic heterocycles. The Morgan fingerprint density at radius 1 is 1.50 bits per heavy atom. The second kappa shape index (κ2) is 7.35. The highest BCUT2D eigenvalue weighted by Gasteiger charge is 2.17. The summed E-state index contributed by atoms with van der Waals surface area (Å²) in [6, 6.07) is 0.660. The van der Waals surface area contributed by atoms with Crippen molar-refractivity contribution in [3.63, 3.8) is 0 Å². The van der Waals surface area contributed by atoms with E-state index in [1.807, 2.05) is 0 Å². The van der Waals surface area contributed by atoms with Crippen molar-refractivity contribution in [3.8, 4) is 0 Å². The summed E-state index contributed by atoms with van der Waals surface area (Å²) in [4.78, 5) is 10.1. The lowest BCUT2D eigenvalue weighted by Crippen LogP contribution is -2.38. The molecule has 0 amide bonds. The summed E-state index contributed by atoms with van der Waals surface area (Å²) in [5.41, 5.74) is 2.31. The molecule has 2 rings (SSSR count). The minimum Gasteiger partial charge on any atom is -0.367 e. The number of nitrogens with two attached hydrogens (primary N) is 1. The number of nitrogens with zero attached hydrogens (tertiary/aromatic N) is 3. The van der Waals surface area contributed by atoms with Gasteiger partial charge in [-0.05, 0) is 32.7 Å². The highest BCUT2D eigenvalue weighted by molar-refractivity contribution is 5.40. The van der Waals surface area contributed by atoms with Crippen molar-refractivity contribution < 1.29 is 4.39 Å². The van der Waals surface area contributed by atoms with Crippen LogP contribution in [0.2, 0.25) is 0 Å². The van der Waals surface area contributed by atoms with Crippen LogP contribution in [0, 0.1) is 5.82 Å². The van der Waals surface area contributed by atoms with Gasteiger partial charge >= 0.3 is 0 Å². The molecular weight excluding hydrogens is 259 g/mol. The van der Waals surface area contributed by atoms with Crippen LogP contribution in [0.4, 0.5) is 16.2 Å². The molecule has 1 aromatic rings. The fraction of sp³-hybridized carbons (Fsp3) is 0.692. The Kier molecular flexibility index (Phi) is 5.49. The lowest BCUT2D eigenvalue weighted by molar-refractivity contribution is 0.160. The Labute approximate surface area is 118 Å². The number of hydrogen-bond acceptors (Lipinski definition) is 6. The Morgan fingerprint density at radius 3 is 3.10 bits per heavy atom. The molecule has 20 heavy (non-hydrogen) atoms. The monoisotopic (exact) mass is 282 g/mol. The van der Waals surface area contributed by atoms with Gasteiger partial charge in [0.2, 0.25) is 5.95 Å². The van der Waals surface area contributed by atoms with E-state index in [9.17, 15) is 4.39 Å². The molecule has 0 spiro atoms. The summed E-state index contributed by atoms with van der Waals surface area (Å²) in [5.74, 6) is 5.14. The molecule has 0 bridgehead atoms. The van der Waals surface area contributed by atoms with Crippen LogP contribution >= 0.6 is 0 Å². The maximum absolute atomic E-state index is 13.5. The number of hydrogen-bond donors (Lipinski definition) is 3. The van der Waals surface area contributed by atoms with Gasteiger partial charge in [-0.1, -0.05) is 6.42 Å². The van der Waals surface area contributed by atoms with Gasteiger partial charge < -0.3 is 10.2 Å². The lowest BCUT2D eigenvalue weighted by atomic mass is 10.0. The molecule has 112 valence electrons. The van der Waals surface area contributed by atoms with Crippen LogP contribution < -0.4 is 16.6 Å². The highest BCUT2D eigenvalue weighted by atomic mass is 19.1. The van der Waals surface area contributed by atoms with E-state index in [2.05, 4.69) is 32.5 Å². The molecule has 1 aliphatic rings. The number of aromatic nitrogens is 2. The number of nitrogen functional groups attached to an aromatic ring is 1. The molecule has 1 fully saturated rings. The van der Waals surface area contributed by atoms with Gasteiger partial charge in [-0.3, -0.25) is 5.43 Å². The molecule has 0 aromatic carbocycles. The van der Waals surface area contributed by atoms with Crippen molar-refractivity contribution in [1.82, 2.24) is 14.9 Å². The molecule has 2 heterocycles. The van der Waals surface area contributed by atoms with E-state index in [1.165, 1.54) is 25.8 Å². The van der Waals surface area contributed by atoms with Crippen molar-refractivity contribution >= 4 is 11.8 Å². The second-order valence-electron chi connectivity index (χ2n) is 5.20. The van der Waals surface area contributed by atoms with Crippen LogP contribution in [0.1, 0.15) is 32.6 Å². The van der Waals surface area contributed by atoms with Gasteiger partial charge in [0.15, 0.2) is 11.6 Å². The van der Waals surface area contributed by atoms with Crippen molar-refractivity contribution in [1.29, 1.82) is 0 Å². The minimum absolute atomic E-state index is 0.194. The summed E-state index contributed by atoms with van der Waals surface area (Å²) < 4.78 is 13.5. The Balaban J connectivity index is 1.75. The van der Waals surface area contributed by atoms with Crippen LogP contribution in [0.5, 0.6) is 0 Å². The van der Waals surface area contributed by atoms with Crippen LogP contribution in [0.25, 0.3) is 0 Å². The molecule has 1 unspecified atom stereocenters. The smallest absolute Gasteiger partial charge is 0.239 e. The van der Waals surface area contributed by atoms with E-state index in [0.717, 1.165) is 19.2 Å². The molecular formula is C13H23FN6. The van der Waals surface area contributed by atoms with Gasteiger partial charge in [-0.2, -0.15) is 4.98 Å². The van der Waals surface area contributed by atoms with E-state index in [1.54, 1.807) is 0 Å². The molecule has 6 nitrogen and oxygen atoms in total. The van der Waals surface area contributed by atoms with E-state index < -0.39 is 5.82 Å². The van der Waals surface area contributed by atoms with Crippen molar-refractivity contribution in [3.05, 3.63) is 12.0 Å². The minimum atomic E-state index is -0.463. The topological polar surface area (TPSA) is 79.1 Å². The number of nitrogens with one attached hydrogen (secondary N) is 2. The molecule has 1 aliphatic heterocycles. The fourth-order valence-corrected chi connectivity index (χ4v) is 2.54. The van der Waals surface area contributed by atoms with E-state index in [0.29, 0.717) is 12.6 Å². The molecule has 0 radical (unpaired) electrons. The zero-order valence-electron chi connectivity index (χ0n) is 11.9. The zero-order valence-corrected chi connectivity index (χ0v) is 11.9. The molecule has 7 heteroatoms. The maximum Gasteiger partial charge on any atom is 0.239 e. The van der Waals surface area contributed by atoms with E-state index in [4.69, 9.17) is 5.84 Å². The number of hydrazine groups is 1. The molecule has 1 atom stereocenters. The van der Waals surface area contributed by atoms with Crippen LogP contribution in [-0.4, -0.2) is 40.5 Å². The average Bonchev–Trinajstić information content (AvgIpc) is 2.47. The first kappa shape index (κ1) is 14.9. The SMILES string of the molecule is CC1CCCCN1CCCNc1nc(NN)ncc1F. The largest absolute Gasteiger partial charge is 0.367 e. The molecule has 1 saturated heterocycles. The number of rotatable bonds is 6. The highest BCUT2D eigenvalue weighted by Crippen LogP contribution is 2.16. The third kappa shape index (κ3) is 4.01. The van der Waals surface area contributed by atoms with Gasteiger partial charge in [0, 0.05) is 19.1 Å². The molecule has 0 saturated carbocycles. The lowest BCUT2D eigenvalue weighted by Gasteiger charge is -2.33. The van der Waals surface area contributed by atoms with E-state index in [-0.39, 0.29) is 11.8 Å². The van der Waals surface area contributed by atoms with Crippen LogP contribution in [0.15, 0.2) is 6.20 Å². The van der Waals surface area contributed by atoms with Crippen molar-refractivity contribution in [2.45, 2.75) is 38.6 Å². The predicted molar refractivity (Wildman–Crippen MR) is 77.8 cm³/mol. The first-order valence-electron chi connectivity index (χ1n) is 7.18. The number of anilines is 2. The van der Waals surface area contributed by atoms with Crippen molar-refractivity contribution in [2.75, 3.05) is 30.4 Å². The first-order chi connectivity index (χ1) is 9.70. The summed E-state index contributed by atoms with van der Waals surface area (Å²) in [5, 5.41) is 2.99. The van der Waals surface area contributed by atoms with Crippen molar-refractivity contribution in [2.24, 2.45) is 5.84 Å². The van der Waals surface area contributed by atoms with Gasteiger partial charge in [0.1, 0.15) is 0 Å². The number of piperidine rings is 1. The Hall–Kier alpha value is -1.47. The second-order valence-corrected chi connectivity index (χ2v) is 5.20. The van der Waals surface area contributed by atoms with E-state index >= 15 is 0 Å². The number of likely N-dealkylation sites (tertiary alicyclic amines) is 1. The van der Waals surface area contributed by atoms with Gasteiger partial charge in [0.05, 0.1) is 6.20 Å². The molecule has 0 aliphatic carbocycles. The molecule has 4 N–H and O–H groups in total. The van der Waals surface area contributed by atoms with Gasteiger partial charge in [-0.25, -0.2) is 15.2 Å². The predicted octanol–water partition coefficient (Wildman–Crippen LogP) is 1.58. The Bertz CT molecular complexity index is 427. The normalized spacial score (nSPS) is 19.9. The maximum atomic E-state index is 13.5. The zero-order chi connectivity index (χ0) is 14.4. The quantitative estimate of drug-likeness (QED) is 0.418. The summed E-state index contributed by atoms with van der Waals surface area (Å²) in [6.45, 7) is 5.16. The van der Waals surface area contributed by atoms with Gasteiger partial charge in [0.25, 0.3) is 0 Å². The fourth-order valence-electron chi connectivity index (χ4n) is 2.54. The summed E-state index contributed by atoms with van der Waals surface area (Å²) in [7, 11) is 0. The van der Waals surface area contributed by atoms with Crippen LogP contribution in [0.3, 0.4) is 0 Å². The number of halogens is 1. The van der Waals surface area contributed by atoms with Gasteiger partial charge in [-0.15, -0.1) is 0 Å². The standard InChI is InChI=1S/C13H23FN6/c1-10-5-2-3-7-20(10)8-4-6-16-12-11(14)9-17-13(18-12)19-15/h9-10H,2-8,15H2,1H3,(H2,16,17,18,19). The van der Waals surface area contributed by atoms with Crippen LogP contribution in [-0.2, 0) is 0 Å². The first-order valence-corrected chi connectivity index (χ1v) is 7.18. The summed E-state index contributed by atoms with van der Waals surface area (Å²) >= 11 is 0.